The number of H-pyrrole nitrogens is 1. The fraction of sp³-hybridized carbons (Fsp3) is 0. The molecule has 13 heavy (non-hydrogen) atoms. The predicted octanol–water partition coefficient (Wildman–Crippen LogP) is -0.876. The van der Waals surface area contributed by atoms with Gasteiger partial charge in [-0.05, 0) is 0 Å². The minimum Gasteiger partial charge on any atom is -0.261 e. The molecule has 0 aliphatic rings. The molecule has 6 nitrogen and oxygen atoms in total. The number of pyridine rings is 1. The van der Waals surface area contributed by atoms with Crippen LogP contribution < -0.4 is 5.59 Å². The van der Waals surface area contributed by atoms with E-state index in [1.165, 1.54) is 12.3 Å². The molecule has 0 atom stereocenters. The van der Waals surface area contributed by atoms with Crippen molar-refractivity contribution in [2.75, 3.05) is 0 Å². The van der Waals surface area contributed by atoms with Gasteiger partial charge in [-0.1, -0.05) is 0 Å². The van der Waals surface area contributed by atoms with Crippen molar-refractivity contribution in [3.8, 4) is 0 Å². The van der Waals surface area contributed by atoms with Gasteiger partial charge in [0.05, 0.1) is 4.92 Å². The molecule has 2 rings (SSSR count). The van der Waals surface area contributed by atoms with Gasteiger partial charge in [-0.15, -0.1) is 0 Å². The summed E-state index contributed by atoms with van der Waals surface area (Å²) in [4.78, 5) is 13.8. The summed E-state index contributed by atoms with van der Waals surface area (Å²) in [5.74, 6) is 0. The van der Waals surface area contributed by atoms with E-state index in [1.54, 1.807) is 7.85 Å². The lowest BCUT2D eigenvalue weighted by Crippen LogP contribution is -2.03. The van der Waals surface area contributed by atoms with E-state index in [9.17, 15) is 10.1 Å². The van der Waals surface area contributed by atoms with Gasteiger partial charge in [0, 0.05) is 17.0 Å². The predicted molar refractivity (Wildman–Crippen MR) is 48.7 cm³/mol. The summed E-state index contributed by atoms with van der Waals surface area (Å²) in [5.41, 5.74) is 1.27. The molecule has 2 heterocycles. The smallest absolute Gasteiger partial charge is 0.261 e. The van der Waals surface area contributed by atoms with Crippen LogP contribution in [0.4, 0.5) is 5.69 Å². The fourth-order valence-corrected chi connectivity index (χ4v) is 1.12. The first-order valence-electron chi connectivity index (χ1n) is 3.63. The van der Waals surface area contributed by atoms with Crippen LogP contribution in [0.15, 0.2) is 12.3 Å². The number of hydrogen-bond donors (Lipinski definition) is 1. The fourth-order valence-electron chi connectivity index (χ4n) is 1.12. The molecular formula is C6H5BN4O2. The molecule has 1 N–H and O–H groups in total. The van der Waals surface area contributed by atoms with Crippen LogP contribution in [0, 0.1) is 10.1 Å². The second kappa shape index (κ2) is 2.54. The van der Waals surface area contributed by atoms with Gasteiger partial charge >= 0.3 is 0 Å². The topological polar surface area (TPSA) is 84.7 Å². The highest BCUT2D eigenvalue weighted by Gasteiger charge is 2.09. The van der Waals surface area contributed by atoms with Crippen molar-refractivity contribution in [1.29, 1.82) is 0 Å². The van der Waals surface area contributed by atoms with Crippen LogP contribution >= 0.6 is 0 Å². The van der Waals surface area contributed by atoms with Gasteiger partial charge < -0.3 is 0 Å². The molecule has 0 aromatic carbocycles. The third-order valence-electron chi connectivity index (χ3n) is 1.80. The van der Waals surface area contributed by atoms with Crippen molar-refractivity contribution in [2.24, 2.45) is 0 Å². The van der Waals surface area contributed by atoms with Crippen LogP contribution in [0.25, 0.3) is 11.0 Å². The lowest BCUT2D eigenvalue weighted by atomic mass is 10.0. The molecule has 0 spiro atoms. The van der Waals surface area contributed by atoms with Crippen molar-refractivity contribution in [3.63, 3.8) is 0 Å². The molecule has 0 unspecified atom stereocenters. The minimum atomic E-state index is -0.473. The van der Waals surface area contributed by atoms with E-state index in [2.05, 4.69) is 15.2 Å². The van der Waals surface area contributed by atoms with Crippen LogP contribution in [0.1, 0.15) is 0 Å². The number of nitrogens with one attached hydrogen (secondary N) is 1. The van der Waals surface area contributed by atoms with Gasteiger partial charge in [0.2, 0.25) is 0 Å². The normalized spacial score (nSPS) is 10.5. The quantitative estimate of drug-likeness (QED) is 0.347. The van der Waals surface area contributed by atoms with Crippen LogP contribution in [0.3, 0.4) is 0 Å². The van der Waals surface area contributed by atoms with E-state index >= 15 is 0 Å². The van der Waals surface area contributed by atoms with E-state index < -0.39 is 4.92 Å². The zero-order valence-electron chi connectivity index (χ0n) is 6.81. The second-order valence-electron chi connectivity index (χ2n) is 2.66. The Bertz CT molecular complexity index is 480. The Kier molecular flexibility index (Phi) is 1.51. The number of nitrogens with zero attached hydrogens (tertiary/aromatic N) is 3. The molecule has 2 aromatic rings. The Balaban J connectivity index is 2.72. The van der Waals surface area contributed by atoms with Crippen LogP contribution in [0.2, 0.25) is 0 Å². The van der Waals surface area contributed by atoms with E-state index in [1.807, 2.05) is 0 Å². The first-order chi connectivity index (χ1) is 6.18. The summed E-state index contributed by atoms with van der Waals surface area (Å²) < 4.78 is 0. The molecule has 2 aromatic heterocycles. The summed E-state index contributed by atoms with van der Waals surface area (Å²) in [6.45, 7) is 0. The second-order valence-corrected chi connectivity index (χ2v) is 2.66. The molecule has 0 amide bonds. The van der Waals surface area contributed by atoms with E-state index in [-0.39, 0.29) is 5.69 Å². The maximum atomic E-state index is 10.4. The molecule has 0 fully saturated rings. The average molecular weight is 176 g/mol. The van der Waals surface area contributed by atoms with Crippen molar-refractivity contribution in [3.05, 3.63) is 22.4 Å². The summed E-state index contributed by atoms with van der Waals surface area (Å²) in [5, 5.41) is 17.7. The molecule has 0 aliphatic carbocycles. The summed E-state index contributed by atoms with van der Waals surface area (Å²) in [7, 11) is 1.77. The Hall–Kier alpha value is -1.92. The Labute approximate surface area is 73.5 Å². The number of hydrogen-bond acceptors (Lipinski definition) is 4. The number of aromatic amines is 1. The molecule has 7 heteroatoms. The Morgan fingerprint density at radius 1 is 1.62 bits per heavy atom. The summed E-state index contributed by atoms with van der Waals surface area (Å²) in [6.07, 6.45) is 1.21. The van der Waals surface area contributed by atoms with E-state index in [0.717, 1.165) is 0 Å². The van der Waals surface area contributed by atoms with Gasteiger partial charge in [0.25, 0.3) is 5.69 Å². The molecule has 64 valence electrons. The molecular weight excluding hydrogens is 171 g/mol. The zero-order valence-corrected chi connectivity index (χ0v) is 6.81. The highest BCUT2D eigenvalue weighted by molar-refractivity contribution is 6.36. The van der Waals surface area contributed by atoms with Crippen molar-refractivity contribution in [2.45, 2.75) is 0 Å². The maximum absolute atomic E-state index is 10.4. The van der Waals surface area contributed by atoms with E-state index in [0.29, 0.717) is 16.6 Å². The largest absolute Gasteiger partial charge is 0.288 e. The number of nitro groups is 1. The molecule has 0 saturated carbocycles. The highest BCUT2D eigenvalue weighted by Crippen LogP contribution is 2.13. The van der Waals surface area contributed by atoms with Crippen LogP contribution in [0.5, 0.6) is 0 Å². The third kappa shape index (κ3) is 1.14. The monoisotopic (exact) mass is 176 g/mol. The van der Waals surface area contributed by atoms with E-state index in [4.69, 9.17) is 0 Å². The number of aromatic nitrogens is 3. The van der Waals surface area contributed by atoms with Crippen molar-refractivity contribution < 1.29 is 4.92 Å². The molecule has 0 aliphatic heterocycles. The summed E-state index contributed by atoms with van der Waals surface area (Å²) in [6, 6.07) is 1.46. The van der Waals surface area contributed by atoms with Gasteiger partial charge in [-0.25, -0.2) is 4.98 Å². The molecule has 0 radical (unpaired) electrons. The molecule has 0 bridgehead atoms. The lowest BCUT2D eigenvalue weighted by molar-refractivity contribution is -0.385. The molecule has 0 saturated heterocycles. The number of rotatable bonds is 1. The Morgan fingerprint density at radius 2 is 2.38 bits per heavy atom. The van der Waals surface area contributed by atoms with Gasteiger partial charge in [-0.2, -0.15) is 5.10 Å². The summed E-state index contributed by atoms with van der Waals surface area (Å²) >= 11 is 0. The van der Waals surface area contributed by atoms with Gasteiger partial charge in [0.15, 0.2) is 13.5 Å². The maximum Gasteiger partial charge on any atom is 0.288 e. The van der Waals surface area contributed by atoms with Crippen molar-refractivity contribution >= 4 is 30.2 Å². The lowest BCUT2D eigenvalue weighted by Gasteiger charge is -1.90. The van der Waals surface area contributed by atoms with Crippen LogP contribution in [-0.4, -0.2) is 28.0 Å². The van der Waals surface area contributed by atoms with Crippen LogP contribution in [-0.2, 0) is 0 Å². The van der Waals surface area contributed by atoms with Crippen molar-refractivity contribution in [1.82, 2.24) is 15.2 Å². The minimum absolute atomic E-state index is 0.0167. The first-order valence-corrected chi connectivity index (χ1v) is 3.63. The SMILES string of the molecule is Bc1n[nH]c2ncc([N+](=O)[O-])cc12. The Morgan fingerprint density at radius 3 is 3.08 bits per heavy atom. The standard InChI is InChI=1S/C6H5BN4O2/c7-5-4-1-3(11(12)13)2-8-6(4)10-9-5/h1-2H,7H2,(H,8,9,10). The van der Waals surface area contributed by atoms with Gasteiger partial charge in [0.1, 0.15) is 6.20 Å². The first kappa shape index (κ1) is 7.72. The van der Waals surface area contributed by atoms with Gasteiger partial charge in [-0.3, -0.25) is 15.2 Å². The highest BCUT2D eigenvalue weighted by atomic mass is 16.6. The zero-order chi connectivity index (χ0) is 9.42. The average Bonchev–Trinajstić information content (AvgIpc) is 2.47. The number of fused-ring (bicyclic) bond motifs is 1. The third-order valence-corrected chi connectivity index (χ3v) is 1.80.